The molecule has 88 valence electrons. The second-order valence-corrected chi connectivity index (χ2v) is 5.11. The number of benzene rings is 1. The number of hydrogen-bond donors (Lipinski definition) is 1. The molecule has 2 rings (SSSR count). The Hall–Kier alpha value is -0.570. The molecule has 16 heavy (non-hydrogen) atoms. The molecule has 0 aliphatic carbocycles. The van der Waals surface area contributed by atoms with E-state index in [-0.39, 0.29) is 0 Å². The molecule has 0 atom stereocenters. The molecule has 0 unspecified atom stereocenters. The van der Waals surface area contributed by atoms with Gasteiger partial charge < -0.3 is 10.2 Å². The minimum absolute atomic E-state index is 0.812. The van der Waals surface area contributed by atoms with Crippen molar-refractivity contribution in [2.24, 2.45) is 5.92 Å². The summed E-state index contributed by atoms with van der Waals surface area (Å²) in [5, 5.41) is 4.12. The van der Waals surface area contributed by atoms with E-state index < -0.39 is 0 Å². The van der Waals surface area contributed by atoms with Crippen LogP contribution in [-0.4, -0.2) is 31.6 Å². The minimum atomic E-state index is 0.812. The summed E-state index contributed by atoms with van der Waals surface area (Å²) in [5.74, 6) is 0.896. The average Bonchev–Trinajstić information content (AvgIpc) is 2.19. The second kappa shape index (κ2) is 5.67. The van der Waals surface area contributed by atoms with E-state index in [9.17, 15) is 0 Å². The lowest BCUT2D eigenvalue weighted by molar-refractivity contribution is 0.252. The molecule has 1 aliphatic heterocycles. The normalized spacial score (nSPS) is 16.4. The quantitative estimate of drug-likeness (QED) is 0.848. The first-order valence-corrected chi connectivity index (χ1v) is 6.25. The largest absolute Gasteiger partial charge is 0.316 e. The zero-order chi connectivity index (χ0) is 11.4. The maximum Gasteiger partial charge on any atom is 0.0406 e. The molecule has 1 aliphatic rings. The van der Waals surface area contributed by atoms with Gasteiger partial charge in [0.1, 0.15) is 0 Å². The van der Waals surface area contributed by atoms with Crippen LogP contribution in [0.1, 0.15) is 12.0 Å². The summed E-state index contributed by atoms with van der Waals surface area (Å²) in [6.07, 6.45) is 1.30. The molecule has 1 N–H and O–H groups in total. The monoisotopic (exact) mass is 238 g/mol. The molecular formula is C13H19ClN2. The van der Waals surface area contributed by atoms with Crippen molar-refractivity contribution in [1.29, 1.82) is 0 Å². The van der Waals surface area contributed by atoms with E-state index >= 15 is 0 Å². The molecule has 0 aromatic heterocycles. The van der Waals surface area contributed by atoms with Crippen molar-refractivity contribution in [2.75, 3.05) is 26.7 Å². The van der Waals surface area contributed by atoms with E-state index in [1.165, 1.54) is 31.6 Å². The summed E-state index contributed by atoms with van der Waals surface area (Å²) in [4.78, 5) is 2.38. The Morgan fingerprint density at radius 1 is 1.31 bits per heavy atom. The molecule has 1 fully saturated rings. The van der Waals surface area contributed by atoms with Crippen LogP contribution < -0.4 is 5.32 Å². The van der Waals surface area contributed by atoms with Crippen LogP contribution >= 0.6 is 11.6 Å². The lowest BCUT2D eigenvalue weighted by Crippen LogP contribution is -2.43. The van der Waals surface area contributed by atoms with Gasteiger partial charge in [0.15, 0.2) is 0 Å². The molecule has 1 aromatic carbocycles. The summed E-state index contributed by atoms with van der Waals surface area (Å²) in [6, 6.07) is 8.12. The predicted octanol–water partition coefficient (Wildman–Crippen LogP) is 2.38. The van der Waals surface area contributed by atoms with Gasteiger partial charge in [0.25, 0.3) is 0 Å². The highest BCUT2D eigenvalue weighted by atomic mass is 35.5. The standard InChI is InChI=1S/C13H19ClN2/c1-16(7-6-12-8-15-9-12)10-11-2-4-13(14)5-3-11/h2-5,12,15H,6-10H2,1H3. The maximum absolute atomic E-state index is 5.86. The lowest BCUT2D eigenvalue weighted by Gasteiger charge is -2.29. The Morgan fingerprint density at radius 3 is 2.56 bits per heavy atom. The van der Waals surface area contributed by atoms with Crippen LogP contribution in [0.25, 0.3) is 0 Å². The first-order chi connectivity index (χ1) is 7.74. The Morgan fingerprint density at radius 2 is 2.00 bits per heavy atom. The Balaban J connectivity index is 1.73. The highest BCUT2D eigenvalue weighted by Crippen LogP contribution is 2.13. The van der Waals surface area contributed by atoms with Gasteiger partial charge >= 0.3 is 0 Å². The maximum atomic E-state index is 5.86. The van der Waals surface area contributed by atoms with Crippen LogP contribution in [-0.2, 0) is 6.54 Å². The molecular weight excluding hydrogens is 220 g/mol. The predicted molar refractivity (Wildman–Crippen MR) is 68.8 cm³/mol. The van der Waals surface area contributed by atoms with E-state index in [2.05, 4.69) is 29.4 Å². The van der Waals surface area contributed by atoms with Crippen molar-refractivity contribution in [3.8, 4) is 0 Å². The third-order valence-corrected chi connectivity index (χ3v) is 3.40. The third-order valence-electron chi connectivity index (χ3n) is 3.15. The Bertz CT molecular complexity index is 319. The minimum Gasteiger partial charge on any atom is -0.316 e. The fourth-order valence-electron chi connectivity index (χ4n) is 1.94. The summed E-state index contributed by atoms with van der Waals surface area (Å²) in [7, 11) is 2.18. The zero-order valence-corrected chi connectivity index (χ0v) is 10.5. The van der Waals surface area contributed by atoms with Gasteiger partial charge in [-0.1, -0.05) is 23.7 Å². The fourth-order valence-corrected chi connectivity index (χ4v) is 2.06. The summed E-state index contributed by atoms with van der Waals surface area (Å²) in [5.41, 5.74) is 1.33. The number of nitrogens with one attached hydrogen (secondary N) is 1. The van der Waals surface area contributed by atoms with Gasteiger partial charge in [-0.15, -0.1) is 0 Å². The van der Waals surface area contributed by atoms with Gasteiger partial charge in [-0.2, -0.15) is 0 Å². The Labute approximate surface area is 103 Å². The Kier molecular flexibility index (Phi) is 4.22. The molecule has 0 saturated carbocycles. The third kappa shape index (κ3) is 3.48. The van der Waals surface area contributed by atoms with Gasteiger partial charge in [0, 0.05) is 11.6 Å². The highest BCUT2D eigenvalue weighted by molar-refractivity contribution is 6.30. The van der Waals surface area contributed by atoms with Crippen LogP contribution in [0.3, 0.4) is 0 Å². The number of halogens is 1. The van der Waals surface area contributed by atoms with Crippen molar-refractivity contribution >= 4 is 11.6 Å². The zero-order valence-electron chi connectivity index (χ0n) is 9.75. The van der Waals surface area contributed by atoms with Gasteiger partial charge in [0.05, 0.1) is 0 Å². The molecule has 0 amide bonds. The van der Waals surface area contributed by atoms with Crippen LogP contribution in [0.5, 0.6) is 0 Å². The lowest BCUT2D eigenvalue weighted by atomic mass is 9.99. The van der Waals surface area contributed by atoms with Gasteiger partial charge in [-0.05, 0) is 56.7 Å². The van der Waals surface area contributed by atoms with E-state index in [1.807, 2.05) is 12.1 Å². The summed E-state index contributed by atoms with van der Waals surface area (Å²) < 4.78 is 0. The van der Waals surface area contributed by atoms with Crippen LogP contribution in [0.2, 0.25) is 5.02 Å². The van der Waals surface area contributed by atoms with Crippen molar-refractivity contribution in [3.05, 3.63) is 34.9 Å². The van der Waals surface area contributed by atoms with E-state index in [0.29, 0.717) is 0 Å². The molecule has 0 spiro atoms. The second-order valence-electron chi connectivity index (χ2n) is 4.68. The molecule has 3 heteroatoms. The molecule has 2 nitrogen and oxygen atoms in total. The topological polar surface area (TPSA) is 15.3 Å². The molecule has 0 bridgehead atoms. The van der Waals surface area contributed by atoms with Crippen LogP contribution in [0, 0.1) is 5.92 Å². The highest BCUT2D eigenvalue weighted by Gasteiger charge is 2.16. The van der Waals surface area contributed by atoms with E-state index in [1.54, 1.807) is 0 Å². The molecule has 1 saturated heterocycles. The van der Waals surface area contributed by atoms with Gasteiger partial charge in [0.2, 0.25) is 0 Å². The summed E-state index contributed by atoms with van der Waals surface area (Å²) in [6.45, 7) is 4.59. The first-order valence-electron chi connectivity index (χ1n) is 5.88. The van der Waals surface area contributed by atoms with Gasteiger partial charge in [-0.3, -0.25) is 0 Å². The van der Waals surface area contributed by atoms with Crippen molar-refractivity contribution in [2.45, 2.75) is 13.0 Å². The first kappa shape index (κ1) is 11.9. The van der Waals surface area contributed by atoms with Crippen molar-refractivity contribution < 1.29 is 0 Å². The van der Waals surface area contributed by atoms with Crippen molar-refractivity contribution in [3.63, 3.8) is 0 Å². The fraction of sp³-hybridized carbons (Fsp3) is 0.538. The number of rotatable bonds is 5. The smallest absolute Gasteiger partial charge is 0.0406 e. The van der Waals surface area contributed by atoms with Crippen molar-refractivity contribution in [1.82, 2.24) is 10.2 Å². The number of nitrogens with zero attached hydrogens (tertiary/aromatic N) is 1. The molecule has 1 aromatic rings. The summed E-state index contributed by atoms with van der Waals surface area (Å²) >= 11 is 5.86. The number of hydrogen-bond acceptors (Lipinski definition) is 2. The molecule has 0 radical (unpaired) electrons. The van der Waals surface area contributed by atoms with E-state index in [4.69, 9.17) is 11.6 Å². The van der Waals surface area contributed by atoms with E-state index in [0.717, 1.165) is 17.5 Å². The van der Waals surface area contributed by atoms with Crippen LogP contribution in [0.15, 0.2) is 24.3 Å². The molecule has 1 heterocycles. The van der Waals surface area contributed by atoms with Crippen LogP contribution in [0.4, 0.5) is 0 Å². The average molecular weight is 239 g/mol. The SMILES string of the molecule is CN(CCC1CNC1)Cc1ccc(Cl)cc1. The van der Waals surface area contributed by atoms with Gasteiger partial charge in [-0.25, -0.2) is 0 Å².